The molecular formula is C21H37NO8. The Hall–Kier alpha value is -2.32. The van der Waals surface area contributed by atoms with Crippen molar-refractivity contribution in [3.05, 3.63) is 0 Å². The Kier molecular flexibility index (Phi) is 10.9. The second kappa shape index (κ2) is 11.8. The molecule has 0 aromatic carbocycles. The van der Waals surface area contributed by atoms with E-state index in [2.05, 4.69) is 4.74 Å². The molecule has 2 amide bonds. The zero-order valence-electron chi connectivity index (χ0n) is 19.7. The smallest absolute Gasteiger partial charge is 0.420 e. The summed E-state index contributed by atoms with van der Waals surface area (Å²) in [5.41, 5.74) is -1.81. The first-order valence-electron chi connectivity index (χ1n) is 10.1. The Morgan fingerprint density at radius 1 is 0.867 bits per heavy atom. The fraction of sp³-hybridized carbons (Fsp3) is 0.810. The largest absolute Gasteiger partial charge is 0.469 e. The van der Waals surface area contributed by atoms with Crippen LogP contribution in [0.25, 0.3) is 0 Å². The highest BCUT2D eigenvalue weighted by molar-refractivity contribution is 5.94. The minimum absolute atomic E-state index is 0.00941. The third-order valence-corrected chi connectivity index (χ3v) is 3.41. The van der Waals surface area contributed by atoms with Crippen molar-refractivity contribution in [1.82, 2.24) is 4.90 Å². The van der Waals surface area contributed by atoms with Crippen LogP contribution in [0.3, 0.4) is 0 Å². The average molecular weight is 432 g/mol. The van der Waals surface area contributed by atoms with Gasteiger partial charge in [-0.2, -0.15) is 4.90 Å². The summed E-state index contributed by atoms with van der Waals surface area (Å²) in [5, 5.41) is 0. The molecule has 30 heavy (non-hydrogen) atoms. The molecule has 0 N–H and O–H groups in total. The highest BCUT2D eigenvalue weighted by Crippen LogP contribution is 2.21. The van der Waals surface area contributed by atoms with Gasteiger partial charge in [0.15, 0.2) is 0 Å². The van der Waals surface area contributed by atoms with Crippen LogP contribution in [-0.2, 0) is 28.5 Å². The molecule has 0 aromatic heterocycles. The summed E-state index contributed by atoms with van der Waals surface area (Å²) in [6, 6.07) is -1.31. The van der Waals surface area contributed by atoms with Crippen molar-refractivity contribution < 1.29 is 38.1 Å². The standard InChI is InChI=1S/C21H37NO8/c1-14(2)13-28-17(24)15(11-10-12-16(23)27-9)22(18(25)29-20(3,4)5)19(26)30-21(6,7)8/h14-15H,10-13H2,1-9H3/t15-/m0/s1. The van der Waals surface area contributed by atoms with Gasteiger partial charge in [0, 0.05) is 6.42 Å². The van der Waals surface area contributed by atoms with E-state index in [1.165, 1.54) is 7.11 Å². The van der Waals surface area contributed by atoms with Crippen LogP contribution in [0.2, 0.25) is 0 Å². The van der Waals surface area contributed by atoms with E-state index < -0.39 is 41.4 Å². The van der Waals surface area contributed by atoms with Gasteiger partial charge in [-0.05, 0) is 60.3 Å². The molecule has 0 aliphatic carbocycles. The third-order valence-electron chi connectivity index (χ3n) is 3.41. The van der Waals surface area contributed by atoms with Crippen molar-refractivity contribution in [2.24, 2.45) is 5.92 Å². The summed E-state index contributed by atoms with van der Waals surface area (Å²) in [6.07, 6.45) is -1.86. The van der Waals surface area contributed by atoms with Crippen molar-refractivity contribution in [2.45, 2.75) is 91.9 Å². The van der Waals surface area contributed by atoms with Crippen LogP contribution in [0.1, 0.15) is 74.7 Å². The molecule has 0 unspecified atom stereocenters. The van der Waals surface area contributed by atoms with Gasteiger partial charge in [-0.3, -0.25) is 4.79 Å². The maximum absolute atomic E-state index is 12.8. The molecule has 9 heteroatoms. The molecule has 0 aliphatic rings. The van der Waals surface area contributed by atoms with E-state index in [0.29, 0.717) is 4.90 Å². The van der Waals surface area contributed by atoms with E-state index in [0.717, 1.165) is 0 Å². The maximum atomic E-state index is 12.8. The summed E-state index contributed by atoms with van der Waals surface area (Å²) in [4.78, 5) is 50.5. The first kappa shape index (κ1) is 27.7. The SMILES string of the molecule is COC(=O)CCC[C@@H](C(=O)OCC(C)C)N(C(=O)OC(C)(C)C)C(=O)OC(C)(C)C. The summed E-state index contributed by atoms with van der Waals surface area (Å²) < 4.78 is 20.5. The predicted molar refractivity (Wildman–Crippen MR) is 110 cm³/mol. The number of imide groups is 1. The van der Waals surface area contributed by atoms with Crippen molar-refractivity contribution in [2.75, 3.05) is 13.7 Å². The lowest BCUT2D eigenvalue weighted by atomic mass is 10.1. The molecule has 0 saturated heterocycles. The minimum atomic E-state index is -1.31. The zero-order chi connectivity index (χ0) is 23.7. The molecule has 0 heterocycles. The maximum Gasteiger partial charge on any atom is 0.420 e. The van der Waals surface area contributed by atoms with Crippen LogP contribution in [-0.4, -0.2) is 60.0 Å². The molecule has 0 aliphatic heterocycles. The van der Waals surface area contributed by atoms with Crippen molar-refractivity contribution in [1.29, 1.82) is 0 Å². The summed E-state index contributed by atoms with van der Waals surface area (Å²) in [6.45, 7) is 13.7. The van der Waals surface area contributed by atoms with Crippen molar-refractivity contribution in [3.63, 3.8) is 0 Å². The van der Waals surface area contributed by atoms with E-state index in [1.807, 2.05) is 13.8 Å². The van der Waals surface area contributed by atoms with E-state index >= 15 is 0 Å². The Morgan fingerprint density at radius 2 is 1.33 bits per heavy atom. The minimum Gasteiger partial charge on any atom is -0.469 e. The Balaban J connectivity index is 5.86. The van der Waals surface area contributed by atoms with Gasteiger partial charge in [0.1, 0.15) is 17.2 Å². The molecule has 0 bridgehead atoms. The zero-order valence-corrected chi connectivity index (χ0v) is 19.7. The molecule has 0 radical (unpaired) electrons. The number of methoxy groups -OCH3 is 1. The second-order valence-electron chi connectivity index (χ2n) is 9.34. The Labute approximate surface area is 179 Å². The fourth-order valence-electron chi connectivity index (χ4n) is 2.19. The number of amides is 2. The molecule has 1 atom stereocenters. The van der Waals surface area contributed by atoms with Gasteiger partial charge in [-0.1, -0.05) is 13.8 Å². The van der Waals surface area contributed by atoms with Gasteiger partial charge in [-0.25, -0.2) is 14.4 Å². The number of carbonyl (C=O) groups is 4. The molecule has 0 rings (SSSR count). The molecule has 0 spiro atoms. The third kappa shape index (κ3) is 11.6. The van der Waals surface area contributed by atoms with E-state index in [4.69, 9.17) is 14.2 Å². The van der Waals surface area contributed by atoms with E-state index in [-0.39, 0.29) is 31.8 Å². The molecule has 9 nitrogen and oxygen atoms in total. The van der Waals surface area contributed by atoms with Gasteiger partial charge in [0.25, 0.3) is 0 Å². The number of nitrogens with zero attached hydrogens (tertiary/aromatic N) is 1. The van der Waals surface area contributed by atoms with Gasteiger partial charge < -0.3 is 18.9 Å². The average Bonchev–Trinajstić information content (AvgIpc) is 2.55. The van der Waals surface area contributed by atoms with Crippen LogP contribution in [0.15, 0.2) is 0 Å². The monoisotopic (exact) mass is 431 g/mol. The van der Waals surface area contributed by atoms with Gasteiger partial charge >= 0.3 is 24.1 Å². The van der Waals surface area contributed by atoms with Gasteiger partial charge in [0.05, 0.1) is 13.7 Å². The first-order chi connectivity index (χ1) is 13.6. The molecule has 0 fully saturated rings. The van der Waals surface area contributed by atoms with Gasteiger partial charge in [-0.15, -0.1) is 0 Å². The summed E-state index contributed by atoms with van der Waals surface area (Å²) in [7, 11) is 1.25. The number of hydrogen-bond donors (Lipinski definition) is 0. The number of hydrogen-bond acceptors (Lipinski definition) is 8. The normalized spacial score (nSPS) is 12.7. The van der Waals surface area contributed by atoms with E-state index in [9.17, 15) is 19.2 Å². The highest BCUT2D eigenvalue weighted by atomic mass is 16.6. The number of ether oxygens (including phenoxy) is 4. The number of esters is 2. The Bertz CT molecular complexity index is 573. The number of carbonyl (C=O) groups excluding carboxylic acids is 4. The first-order valence-corrected chi connectivity index (χ1v) is 10.1. The quantitative estimate of drug-likeness (QED) is 0.418. The van der Waals surface area contributed by atoms with E-state index in [1.54, 1.807) is 41.5 Å². The Morgan fingerprint density at radius 3 is 1.70 bits per heavy atom. The van der Waals surface area contributed by atoms with Crippen molar-refractivity contribution in [3.8, 4) is 0 Å². The van der Waals surface area contributed by atoms with Crippen LogP contribution >= 0.6 is 0 Å². The summed E-state index contributed by atoms with van der Waals surface area (Å²) >= 11 is 0. The van der Waals surface area contributed by atoms with Crippen LogP contribution in [0, 0.1) is 5.92 Å². The predicted octanol–water partition coefficient (Wildman–Crippen LogP) is 4.07. The summed E-state index contributed by atoms with van der Waals surface area (Å²) in [5.74, 6) is -1.18. The lowest BCUT2D eigenvalue weighted by molar-refractivity contribution is -0.151. The highest BCUT2D eigenvalue weighted by Gasteiger charge is 2.41. The second-order valence-corrected chi connectivity index (χ2v) is 9.34. The molecule has 0 saturated carbocycles. The molecular weight excluding hydrogens is 394 g/mol. The van der Waals surface area contributed by atoms with Crippen LogP contribution in [0.5, 0.6) is 0 Å². The molecule has 174 valence electrons. The lowest BCUT2D eigenvalue weighted by Gasteiger charge is -2.32. The topological polar surface area (TPSA) is 108 Å². The molecule has 0 aromatic rings. The lowest BCUT2D eigenvalue weighted by Crippen LogP contribution is -2.52. The van der Waals surface area contributed by atoms with Gasteiger partial charge in [0.2, 0.25) is 0 Å². The van der Waals surface area contributed by atoms with Crippen molar-refractivity contribution >= 4 is 24.1 Å². The fourth-order valence-corrected chi connectivity index (χ4v) is 2.19. The van der Waals surface area contributed by atoms with Crippen LogP contribution in [0.4, 0.5) is 9.59 Å². The number of rotatable bonds is 8. The van der Waals surface area contributed by atoms with Crippen LogP contribution < -0.4 is 0 Å².